The highest BCUT2D eigenvalue weighted by Crippen LogP contribution is 2.56. The minimum absolute atomic E-state index is 0.246. The molecule has 0 radical (unpaired) electrons. The molecule has 8 heteroatoms. The van der Waals surface area contributed by atoms with Crippen molar-refractivity contribution in [3.05, 3.63) is 326 Å². The Kier molecular flexibility index (Phi) is 12.8. The summed E-state index contributed by atoms with van der Waals surface area (Å²) in [4.78, 5) is 32.1. The largest absolute Gasteiger partial charge is 0.309 e. The van der Waals surface area contributed by atoms with E-state index in [-0.39, 0.29) is 10.8 Å². The predicted molar refractivity (Wildman–Crippen MR) is 401 cm³/mol. The van der Waals surface area contributed by atoms with E-state index in [2.05, 4.69) is 267 Å². The Morgan fingerprint density at radius 1 is 0.235 bits per heavy atom. The van der Waals surface area contributed by atoms with E-state index in [1.54, 1.807) is 0 Å². The molecule has 0 N–H and O–H groups in total. The molecule has 462 valence electrons. The maximum atomic E-state index is 5.49. The van der Waals surface area contributed by atoms with E-state index < -0.39 is 0 Å². The van der Waals surface area contributed by atoms with Crippen LogP contribution in [0.1, 0.15) is 49.9 Å². The van der Waals surface area contributed by atoms with Gasteiger partial charge in [0.2, 0.25) is 0 Å². The number of fused-ring (bicyclic) bond motifs is 14. The number of benzene rings is 13. The maximum absolute atomic E-state index is 5.49. The lowest BCUT2D eigenvalue weighted by molar-refractivity contribution is 0.666. The highest BCUT2D eigenvalue weighted by atomic mass is 15.1. The number of aromatic nitrogens is 8. The smallest absolute Gasteiger partial charge is 0.166 e. The first-order valence-electron chi connectivity index (χ1n) is 33.6. The Hall–Kier alpha value is -12.5. The van der Waals surface area contributed by atoms with Crippen LogP contribution < -0.4 is 0 Å². The Morgan fingerprint density at radius 3 is 1.10 bits per heavy atom. The van der Waals surface area contributed by atoms with Crippen LogP contribution in [0.15, 0.2) is 303 Å². The number of rotatable bonds is 10. The van der Waals surface area contributed by atoms with E-state index in [1.807, 2.05) is 72.8 Å². The lowest BCUT2D eigenvalue weighted by Crippen LogP contribution is -2.15. The minimum atomic E-state index is -0.253. The molecule has 4 aromatic heterocycles. The van der Waals surface area contributed by atoms with E-state index in [4.69, 9.17) is 29.9 Å². The molecule has 0 unspecified atom stereocenters. The van der Waals surface area contributed by atoms with Crippen LogP contribution in [-0.4, -0.2) is 39.0 Å². The number of para-hydroxylation sites is 2. The van der Waals surface area contributed by atoms with Crippen molar-refractivity contribution in [2.24, 2.45) is 0 Å². The van der Waals surface area contributed by atoms with E-state index >= 15 is 0 Å². The zero-order chi connectivity index (χ0) is 65.4. The van der Waals surface area contributed by atoms with Crippen molar-refractivity contribution in [2.75, 3.05) is 0 Å². The summed E-state index contributed by atoms with van der Waals surface area (Å²) < 4.78 is 4.89. The summed E-state index contributed by atoms with van der Waals surface area (Å²) in [6, 6.07) is 108. The van der Waals surface area contributed by atoms with Gasteiger partial charge in [0.1, 0.15) is 0 Å². The van der Waals surface area contributed by atoms with Gasteiger partial charge in [-0.25, -0.2) is 29.9 Å². The molecule has 2 aliphatic rings. The van der Waals surface area contributed by atoms with Crippen LogP contribution in [-0.2, 0) is 10.8 Å². The van der Waals surface area contributed by atoms with E-state index in [0.29, 0.717) is 34.9 Å². The Balaban J connectivity index is 0.843. The zero-order valence-electron chi connectivity index (χ0n) is 54.4. The van der Waals surface area contributed by atoms with Gasteiger partial charge in [-0.05, 0) is 127 Å². The molecule has 8 nitrogen and oxygen atoms in total. The van der Waals surface area contributed by atoms with E-state index in [9.17, 15) is 0 Å². The van der Waals surface area contributed by atoms with Gasteiger partial charge >= 0.3 is 0 Å². The Bertz CT molecular complexity index is 5990. The van der Waals surface area contributed by atoms with E-state index in [0.717, 1.165) is 89.1 Å². The van der Waals surface area contributed by atoms with Gasteiger partial charge < -0.3 is 9.13 Å². The third-order valence-corrected chi connectivity index (χ3v) is 20.5. The molecule has 17 aromatic rings. The number of hydrogen-bond acceptors (Lipinski definition) is 6. The molecule has 4 heterocycles. The fraction of sp³-hybridized carbons (Fsp3) is 0.0667. The average molecular weight is 1260 g/mol. The van der Waals surface area contributed by atoms with Crippen molar-refractivity contribution in [2.45, 2.75) is 38.5 Å². The molecule has 0 bridgehead atoms. The second-order valence-electron chi connectivity index (χ2n) is 27.0. The van der Waals surface area contributed by atoms with Crippen LogP contribution in [0.5, 0.6) is 0 Å². The third-order valence-electron chi connectivity index (χ3n) is 20.5. The summed E-state index contributed by atoms with van der Waals surface area (Å²) in [5, 5.41) is 4.90. The highest BCUT2D eigenvalue weighted by molar-refractivity contribution is 6.16. The normalized spacial score (nSPS) is 13.3. The first kappa shape index (κ1) is 57.0. The molecule has 0 saturated heterocycles. The van der Waals surface area contributed by atoms with Crippen molar-refractivity contribution in [1.82, 2.24) is 39.0 Å². The lowest BCUT2D eigenvalue weighted by Gasteiger charge is -2.22. The highest BCUT2D eigenvalue weighted by Gasteiger charge is 2.40. The molecule has 0 saturated carbocycles. The van der Waals surface area contributed by atoms with Gasteiger partial charge in [-0.15, -0.1) is 0 Å². The van der Waals surface area contributed by atoms with Gasteiger partial charge in [-0.3, -0.25) is 0 Å². The number of nitrogens with zero attached hydrogens (tertiary/aromatic N) is 8. The fourth-order valence-electron chi connectivity index (χ4n) is 16.1. The molecule has 0 fully saturated rings. The molecular formula is C90H62N8. The molecule has 98 heavy (non-hydrogen) atoms. The standard InChI is InChI=1S/C90H62N8/c1-89(2)72-40-21-17-36-65(72)67-45-48-77-79(81(67)89)69-38-19-23-42-74(69)97(77)64-52-62(51-63(53-64)87-93-83(55-26-9-5-10-27-55)91-84(94-87)56-28-11-6-12-29-56)60-35-25-34-59(50-60)61-44-47-76(71(54-61)88-95-85(57-30-13-7-14-31-57)92-86(96-88)58-32-15-8-16-33-58)98-75-43-24-20-39-70(75)80-78(98)49-46-68-66-37-18-22-41-73(66)90(3,4)82(68)80/h5-54H,1-4H3. The van der Waals surface area contributed by atoms with Crippen LogP contribution in [0, 0.1) is 0 Å². The Labute approximate surface area is 567 Å². The third kappa shape index (κ3) is 8.91. The first-order chi connectivity index (χ1) is 48.1. The van der Waals surface area contributed by atoms with Crippen molar-refractivity contribution in [3.8, 4) is 124 Å². The molecular weight excluding hydrogens is 1190 g/mol. The van der Waals surface area contributed by atoms with Gasteiger partial charge in [0, 0.05) is 71.4 Å². The second kappa shape index (κ2) is 22.0. The molecule has 13 aromatic carbocycles. The maximum Gasteiger partial charge on any atom is 0.166 e. The molecule has 0 spiro atoms. The second-order valence-corrected chi connectivity index (χ2v) is 27.0. The minimum Gasteiger partial charge on any atom is -0.309 e. The van der Waals surface area contributed by atoms with E-state index in [1.165, 1.54) is 66.1 Å². The summed E-state index contributed by atoms with van der Waals surface area (Å²) in [5.74, 6) is 3.51. The summed E-state index contributed by atoms with van der Waals surface area (Å²) in [6.07, 6.45) is 0. The van der Waals surface area contributed by atoms with Crippen molar-refractivity contribution < 1.29 is 0 Å². The van der Waals surface area contributed by atoms with Crippen LogP contribution in [0.2, 0.25) is 0 Å². The average Bonchev–Trinajstić information content (AvgIpc) is 1.54. The predicted octanol–water partition coefficient (Wildman–Crippen LogP) is 22.2. The molecule has 0 aliphatic heterocycles. The van der Waals surface area contributed by atoms with Crippen LogP contribution >= 0.6 is 0 Å². The van der Waals surface area contributed by atoms with Gasteiger partial charge in [-0.2, -0.15) is 0 Å². The SMILES string of the molecule is CC1(C)c2ccccc2-c2ccc3c(c21)c1ccccc1n3-c1cc(-c2cccc(-c3ccc(-n4c5ccccc5c5c6c(ccc54)-c4ccccc4C6(C)C)c(-c4nc(-c5ccccc5)nc(-c5ccccc5)n4)c3)c2)cc(-c2nc(-c3ccccc3)nc(-c3ccccc3)n2)c1. The fourth-order valence-corrected chi connectivity index (χ4v) is 16.1. The molecule has 19 rings (SSSR count). The summed E-state index contributed by atoms with van der Waals surface area (Å²) in [6.45, 7) is 9.51. The summed E-state index contributed by atoms with van der Waals surface area (Å²) >= 11 is 0. The lowest BCUT2D eigenvalue weighted by atomic mass is 9.80. The number of hydrogen-bond donors (Lipinski definition) is 0. The van der Waals surface area contributed by atoms with Gasteiger partial charge in [-0.1, -0.05) is 270 Å². The van der Waals surface area contributed by atoms with Crippen LogP contribution in [0.4, 0.5) is 0 Å². The van der Waals surface area contributed by atoms with Crippen molar-refractivity contribution in [3.63, 3.8) is 0 Å². The topological polar surface area (TPSA) is 87.2 Å². The van der Waals surface area contributed by atoms with Gasteiger partial charge in [0.25, 0.3) is 0 Å². The van der Waals surface area contributed by atoms with Crippen molar-refractivity contribution >= 4 is 43.6 Å². The summed E-state index contributed by atoms with van der Waals surface area (Å²) in [7, 11) is 0. The Morgan fingerprint density at radius 2 is 0.602 bits per heavy atom. The molecule has 0 amide bonds. The van der Waals surface area contributed by atoms with Gasteiger partial charge in [0.15, 0.2) is 34.9 Å². The summed E-state index contributed by atoms with van der Waals surface area (Å²) in [5.41, 5.74) is 25.8. The van der Waals surface area contributed by atoms with Crippen molar-refractivity contribution in [1.29, 1.82) is 0 Å². The first-order valence-corrected chi connectivity index (χ1v) is 33.6. The molecule has 2 aliphatic carbocycles. The van der Waals surface area contributed by atoms with Gasteiger partial charge in [0.05, 0.1) is 27.8 Å². The molecule has 0 atom stereocenters. The quantitative estimate of drug-likeness (QED) is 0.136. The zero-order valence-corrected chi connectivity index (χ0v) is 54.4. The van der Waals surface area contributed by atoms with Crippen LogP contribution in [0.3, 0.4) is 0 Å². The monoisotopic (exact) mass is 1250 g/mol. The van der Waals surface area contributed by atoms with Crippen LogP contribution in [0.25, 0.3) is 168 Å².